The molecule has 2 aromatic carbocycles. The number of carbonyl (C=O) groups excluding carboxylic acids is 4. The van der Waals surface area contributed by atoms with Gasteiger partial charge in [0.2, 0.25) is 0 Å². The van der Waals surface area contributed by atoms with Crippen molar-refractivity contribution in [3.05, 3.63) is 65.7 Å². The van der Waals surface area contributed by atoms with Crippen LogP contribution in [0.5, 0.6) is 5.75 Å². The second-order valence-corrected chi connectivity index (χ2v) is 9.11. The quantitative estimate of drug-likeness (QED) is 0.151. The van der Waals surface area contributed by atoms with Gasteiger partial charge < -0.3 is 53.2 Å². The first-order valence-corrected chi connectivity index (χ1v) is 12.7. The van der Waals surface area contributed by atoms with Crippen molar-refractivity contribution in [2.75, 3.05) is 26.2 Å². The van der Waals surface area contributed by atoms with Crippen molar-refractivity contribution in [1.29, 1.82) is 0 Å². The first kappa shape index (κ1) is 31.5. The third kappa shape index (κ3) is 13.2. The summed E-state index contributed by atoms with van der Waals surface area (Å²) in [7, 11) is 0. The Morgan fingerprint density at radius 2 is 1.30 bits per heavy atom. The number of carbonyl (C=O) groups is 4. The van der Waals surface area contributed by atoms with Crippen LogP contribution in [0.4, 0.5) is 19.2 Å². The second-order valence-electron chi connectivity index (χ2n) is 9.11. The maximum Gasteiger partial charge on any atom is 0.315 e. The highest BCUT2D eigenvalue weighted by atomic mass is 16.3. The topological polar surface area (TPSA) is 219 Å². The van der Waals surface area contributed by atoms with Crippen LogP contribution in [0.3, 0.4) is 0 Å². The number of aromatic hydroxyl groups is 1. The SMILES string of the molecule is C[C@@H](CNC(=O)NC(CNC(=O)N[C@@H](CO)CNC(=O)NCc1ccccc1)Cc1ccc(O)cc1)NC(N)=O. The summed E-state index contributed by atoms with van der Waals surface area (Å²) < 4.78 is 0. The van der Waals surface area contributed by atoms with Gasteiger partial charge in [-0.25, -0.2) is 19.2 Å². The van der Waals surface area contributed by atoms with E-state index in [1.165, 1.54) is 12.1 Å². The van der Waals surface area contributed by atoms with E-state index >= 15 is 0 Å². The Labute approximate surface area is 232 Å². The third-order valence-electron chi connectivity index (χ3n) is 5.58. The van der Waals surface area contributed by atoms with E-state index in [0.29, 0.717) is 13.0 Å². The molecule has 11 N–H and O–H groups in total. The maximum atomic E-state index is 12.5. The van der Waals surface area contributed by atoms with Crippen LogP contribution in [0, 0.1) is 0 Å². The molecule has 2 aromatic rings. The number of phenolic OH excluding ortho intramolecular Hbond substituents is 1. The van der Waals surface area contributed by atoms with Crippen LogP contribution in [-0.2, 0) is 13.0 Å². The predicted molar refractivity (Wildman–Crippen MR) is 148 cm³/mol. The predicted octanol–water partition coefficient (Wildman–Crippen LogP) is -0.181. The molecule has 0 saturated carbocycles. The number of primary amides is 1. The average Bonchev–Trinajstić information content (AvgIpc) is 2.93. The number of rotatable bonds is 14. The molecule has 0 radical (unpaired) electrons. The Morgan fingerprint density at radius 3 is 1.93 bits per heavy atom. The van der Waals surface area contributed by atoms with E-state index in [2.05, 4.69) is 37.2 Å². The molecule has 2 rings (SSSR count). The van der Waals surface area contributed by atoms with Crippen molar-refractivity contribution in [2.24, 2.45) is 5.73 Å². The van der Waals surface area contributed by atoms with E-state index in [1.807, 2.05) is 30.3 Å². The molecule has 218 valence electrons. The molecule has 0 aliphatic carbocycles. The molecule has 3 atom stereocenters. The maximum absolute atomic E-state index is 12.5. The number of aliphatic hydroxyl groups excluding tert-OH is 1. The highest BCUT2D eigenvalue weighted by Gasteiger charge is 2.17. The van der Waals surface area contributed by atoms with Gasteiger partial charge in [0.05, 0.1) is 18.7 Å². The molecule has 14 nitrogen and oxygen atoms in total. The molecular formula is C26H38N8O6. The Bertz CT molecular complexity index is 1090. The molecule has 40 heavy (non-hydrogen) atoms. The number of urea groups is 4. The molecular weight excluding hydrogens is 520 g/mol. The third-order valence-corrected chi connectivity index (χ3v) is 5.58. The molecule has 0 aliphatic rings. The molecule has 0 spiro atoms. The van der Waals surface area contributed by atoms with Crippen molar-refractivity contribution >= 4 is 24.1 Å². The highest BCUT2D eigenvalue weighted by Crippen LogP contribution is 2.11. The highest BCUT2D eigenvalue weighted by molar-refractivity contribution is 5.76. The van der Waals surface area contributed by atoms with Crippen LogP contribution in [0.25, 0.3) is 0 Å². The summed E-state index contributed by atoms with van der Waals surface area (Å²) in [6.07, 6.45) is 0.329. The fourth-order valence-corrected chi connectivity index (χ4v) is 3.54. The van der Waals surface area contributed by atoms with Gasteiger partial charge in [-0.3, -0.25) is 0 Å². The van der Waals surface area contributed by atoms with E-state index in [-0.39, 0.29) is 25.4 Å². The minimum atomic E-state index is -0.756. The zero-order valence-corrected chi connectivity index (χ0v) is 22.3. The number of hydrogen-bond donors (Lipinski definition) is 10. The van der Waals surface area contributed by atoms with E-state index in [9.17, 15) is 29.4 Å². The van der Waals surface area contributed by atoms with Gasteiger partial charge in [0.15, 0.2) is 0 Å². The number of amides is 8. The summed E-state index contributed by atoms with van der Waals surface area (Å²) in [6.45, 7) is 1.72. The van der Waals surface area contributed by atoms with Crippen LogP contribution in [-0.4, -0.2) is 78.7 Å². The first-order chi connectivity index (χ1) is 19.1. The standard InChI is InChI=1S/C26H38N8O6/c1-17(32-23(27)37)12-28-25(39)33-20(11-18-7-9-22(36)10-8-18)14-31-26(40)34-21(16-35)15-30-24(38)29-13-19-5-3-2-4-6-19/h2-10,17,20-21,35-36H,11-16H2,1H3,(H3,27,32,37)(H2,28,33,39)(H2,29,30,38)(H2,31,34,40)/t17-,20?,21+/m0/s1. The van der Waals surface area contributed by atoms with Crippen molar-refractivity contribution in [3.63, 3.8) is 0 Å². The van der Waals surface area contributed by atoms with Crippen LogP contribution in [0.15, 0.2) is 54.6 Å². The number of benzene rings is 2. The van der Waals surface area contributed by atoms with E-state index in [1.54, 1.807) is 19.1 Å². The van der Waals surface area contributed by atoms with Crippen molar-refractivity contribution in [1.82, 2.24) is 37.2 Å². The number of nitrogens with one attached hydrogen (secondary N) is 7. The summed E-state index contributed by atoms with van der Waals surface area (Å²) in [6, 6.07) is 11.8. The molecule has 0 aliphatic heterocycles. The molecule has 0 heterocycles. The minimum absolute atomic E-state index is 0.0142. The number of aliphatic hydroxyl groups is 1. The molecule has 0 fully saturated rings. The van der Waals surface area contributed by atoms with Crippen LogP contribution in [0.2, 0.25) is 0 Å². The van der Waals surface area contributed by atoms with E-state index in [4.69, 9.17) is 5.73 Å². The van der Waals surface area contributed by atoms with Crippen molar-refractivity contribution < 1.29 is 29.4 Å². The van der Waals surface area contributed by atoms with Gasteiger partial charge in [-0.05, 0) is 36.6 Å². The largest absolute Gasteiger partial charge is 0.508 e. The summed E-state index contributed by atoms with van der Waals surface area (Å²) in [5, 5.41) is 37.5. The van der Waals surface area contributed by atoms with Gasteiger partial charge in [0.1, 0.15) is 5.75 Å². The van der Waals surface area contributed by atoms with Gasteiger partial charge in [-0.1, -0.05) is 42.5 Å². The molecule has 0 saturated heterocycles. The Hall–Kier alpha value is -4.72. The Kier molecular flexibility index (Phi) is 13.4. The monoisotopic (exact) mass is 558 g/mol. The molecule has 8 amide bonds. The minimum Gasteiger partial charge on any atom is -0.508 e. The van der Waals surface area contributed by atoms with Crippen LogP contribution >= 0.6 is 0 Å². The lowest BCUT2D eigenvalue weighted by Crippen LogP contribution is -2.54. The fourth-order valence-electron chi connectivity index (χ4n) is 3.54. The van der Waals surface area contributed by atoms with E-state index < -0.39 is 48.9 Å². The van der Waals surface area contributed by atoms with Gasteiger partial charge in [-0.15, -0.1) is 0 Å². The molecule has 0 bridgehead atoms. The normalized spacial score (nSPS) is 12.7. The van der Waals surface area contributed by atoms with Gasteiger partial charge in [0, 0.05) is 32.2 Å². The molecule has 14 heteroatoms. The number of hydrogen-bond acceptors (Lipinski definition) is 6. The number of phenols is 1. The molecule has 0 aromatic heterocycles. The summed E-state index contributed by atoms with van der Waals surface area (Å²) in [5.74, 6) is 0.0943. The Morgan fingerprint density at radius 1 is 0.725 bits per heavy atom. The van der Waals surface area contributed by atoms with Crippen molar-refractivity contribution in [3.8, 4) is 5.75 Å². The van der Waals surface area contributed by atoms with Gasteiger partial charge in [0.25, 0.3) is 0 Å². The lowest BCUT2D eigenvalue weighted by Gasteiger charge is -2.22. The summed E-state index contributed by atoms with van der Waals surface area (Å²) in [4.78, 5) is 47.9. The zero-order valence-electron chi connectivity index (χ0n) is 22.3. The summed E-state index contributed by atoms with van der Waals surface area (Å²) in [5.41, 5.74) is 6.80. The number of nitrogens with two attached hydrogens (primary N) is 1. The lowest BCUT2D eigenvalue weighted by atomic mass is 10.1. The summed E-state index contributed by atoms with van der Waals surface area (Å²) >= 11 is 0. The fraction of sp³-hybridized carbons (Fsp3) is 0.385. The van der Waals surface area contributed by atoms with E-state index in [0.717, 1.165) is 11.1 Å². The zero-order chi connectivity index (χ0) is 29.3. The molecule has 1 unspecified atom stereocenters. The Balaban J connectivity index is 1.83. The lowest BCUT2D eigenvalue weighted by molar-refractivity contribution is 0.210. The smallest absolute Gasteiger partial charge is 0.315 e. The van der Waals surface area contributed by atoms with Crippen LogP contribution in [0.1, 0.15) is 18.1 Å². The van der Waals surface area contributed by atoms with Gasteiger partial charge >= 0.3 is 24.1 Å². The van der Waals surface area contributed by atoms with Gasteiger partial charge in [-0.2, -0.15) is 0 Å². The first-order valence-electron chi connectivity index (χ1n) is 12.7. The van der Waals surface area contributed by atoms with Crippen molar-refractivity contribution in [2.45, 2.75) is 38.0 Å². The average molecular weight is 559 g/mol. The van der Waals surface area contributed by atoms with Crippen LogP contribution < -0.4 is 43.0 Å². The second kappa shape index (κ2) is 17.0.